The van der Waals surface area contributed by atoms with Crippen LogP contribution in [0, 0.1) is 0 Å². The average molecular weight is 348 g/mol. The zero-order valence-corrected chi connectivity index (χ0v) is 13.7. The normalized spacial score (nSPS) is 10.5. The van der Waals surface area contributed by atoms with Gasteiger partial charge in [0, 0.05) is 23.1 Å². The molecule has 1 aromatic carbocycles. The second kappa shape index (κ2) is 7.11. The molecule has 0 bridgehead atoms. The second-order valence-electron chi connectivity index (χ2n) is 4.07. The molecule has 0 unspecified atom stereocenters. The van der Waals surface area contributed by atoms with Gasteiger partial charge in [-0.2, -0.15) is 15.0 Å². The molecule has 8 heteroatoms. The van der Waals surface area contributed by atoms with Gasteiger partial charge in [0.15, 0.2) is 0 Å². The van der Waals surface area contributed by atoms with Gasteiger partial charge in [-0.05, 0) is 43.6 Å². The van der Waals surface area contributed by atoms with Gasteiger partial charge < -0.3 is 9.64 Å². The van der Waals surface area contributed by atoms with Crippen LogP contribution in [0.2, 0.25) is 15.3 Å². The molecule has 1 heterocycles. The average Bonchev–Trinajstić information content (AvgIpc) is 2.38. The number of ether oxygens (including phenoxy) is 1. The highest BCUT2D eigenvalue weighted by Crippen LogP contribution is 2.27. The lowest BCUT2D eigenvalue weighted by Crippen LogP contribution is -2.24. The van der Waals surface area contributed by atoms with Crippen molar-refractivity contribution in [3.8, 4) is 11.8 Å². The Kier molecular flexibility index (Phi) is 5.45. The summed E-state index contributed by atoms with van der Waals surface area (Å²) in [6.45, 7) is 5.50. The van der Waals surface area contributed by atoms with E-state index < -0.39 is 0 Å². The summed E-state index contributed by atoms with van der Waals surface area (Å²) in [6, 6.07) is 4.93. The number of nitrogens with zero attached hydrogens (tertiary/aromatic N) is 4. The molecule has 0 radical (unpaired) electrons. The first-order valence-corrected chi connectivity index (χ1v) is 7.45. The van der Waals surface area contributed by atoms with Crippen LogP contribution in [0.3, 0.4) is 0 Å². The molecule has 0 aliphatic heterocycles. The van der Waals surface area contributed by atoms with E-state index in [1.165, 1.54) is 0 Å². The highest BCUT2D eigenvalue weighted by molar-refractivity contribution is 6.34. The third-order valence-corrected chi connectivity index (χ3v) is 3.27. The fourth-order valence-corrected chi connectivity index (χ4v) is 2.36. The predicted molar refractivity (Wildman–Crippen MR) is 84.9 cm³/mol. The van der Waals surface area contributed by atoms with Crippen molar-refractivity contribution in [2.45, 2.75) is 13.8 Å². The SMILES string of the molecule is CCN(CC)c1nc(Cl)nc(Oc2cc(Cl)cc(Cl)c2)n1. The smallest absolute Gasteiger partial charge is 0.328 e. The highest BCUT2D eigenvalue weighted by atomic mass is 35.5. The maximum Gasteiger partial charge on any atom is 0.328 e. The Bertz CT molecular complexity index is 615. The first-order chi connectivity index (χ1) is 10.0. The van der Waals surface area contributed by atoms with Gasteiger partial charge in [-0.3, -0.25) is 0 Å². The van der Waals surface area contributed by atoms with Crippen molar-refractivity contribution in [2.24, 2.45) is 0 Å². The number of hydrogen-bond acceptors (Lipinski definition) is 5. The van der Waals surface area contributed by atoms with Crippen LogP contribution < -0.4 is 9.64 Å². The molecule has 112 valence electrons. The van der Waals surface area contributed by atoms with Crippen LogP contribution in [0.4, 0.5) is 5.95 Å². The van der Waals surface area contributed by atoms with Crippen molar-refractivity contribution in [2.75, 3.05) is 18.0 Å². The Morgan fingerprint density at radius 2 is 1.57 bits per heavy atom. The van der Waals surface area contributed by atoms with Crippen LogP contribution in [0.25, 0.3) is 0 Å². The van der Waals surface area contributed by atoms with Crippen molar-refractivity contribution < 1.29 is 4.74 Å². The summed E-state index contributed by atoms with van der Waals surface area (Å²) in [5, 5.41) is 0.985. The summed E-state index contributed by atoms with van der Waals surface area (Å²) >= 11 is 17.8. The van der Waals surface area contributed by atoms with Crippen LogP contribution in [0.5, 0.6) is 11.8 Å². The molecule has 0 saturated carbocycles. The standard InChI is InChI=1S/C13H13Cl3N4O/c1-3-20(4-2)12-17-11(16)18-13(19-12)21-10-6-8(14)5-9(15)7-10/h5-7H,3-4H2,1-2H3. The Labute approximate surface area is 137 Å². The van der Waals surface area contributed by atoms with E-state index in [1.807, 2.05) is 18.7 Å². The summed E-state index contributed by atoms with van der Waals surface area (Å²) in [5.41, 5.74) is 0. The number of hydrogen-bond donors (Lipinski definition) is 0. The molecule has 1 aromatic heterocycles. The van der Waals surface area contributed by atoms with Gasteiger partial charge in [-0.25, -0.2) is 0 Å². The van der Waals surface area contributed by atoms with Gasteiger partial charge in [0.2, 0.25) is 11.2 Å². The highest BCUT2D eigenvalue weighted by Gasteiger charge is 2.12. The van der Waals surface area contributed by atoms with Crippen LogP contribution in [-0.4, -0.2) is 28.0 Å². The number of halogens is 3. The lowest BCUT2D eigenvalue weighted by atomic mass is 10.3. The summed E-state index contributed by atoms with van der Waals surface area (Å²) in [7, 11) is 0. The zero-order valence-electron chi connectivity index (χ0n) is 11.5. The van der Waals surface area contributed by atoms with Crippen molar-refractivity contribution in [3.63, 3.8) is 0 Å². The van der Waals surface area contributed by atoms with E-state index >= 15 is 0 Å². The summed E-state index contributed by atoms with van der Waals surface area (Å²) in [5.74, 6) is 0.892. The van der Waals surface area contributed by atoms with E-state index in [4.69, 9.17) is 39.5 Å². The number of rotatable bonds is 5. The van der Waals surface area contributed by atoms with Crippen LogP contribution in [-0.2, 0) is 0 Å². The second-order valence-corrected chi connectivity index (χ2v) is 5.28. The van der Waals surface area contributed by atoms with Crippen molar-refractivity contribution >= 4 is 40.8 Å². The quantitative estimate of drug-likeness (QED) is 0.798. The summed E-state index contributed by atoms with van der Waals surface area (Å²) in [6.07, 6.45) is 0. The van der Waals surface area contributed by atoms with Gasteiger partial charge in [-0.1, -0.05) is 23.2 Å². The molecular formula is C13H13Cl3N4O. The minimum Gasteiger partial charge on any atom is -0.424 e. The zero-order chi connectivity index (χ0) is 15.4. The number of benzene rings is 1. The van der Waals surface area contributed by atoms with Gasteiger partial charge in [0.25, 0.3) is 0 Å². The largest absolute Gasteiger partial charge is 0.424 e. The monoisotopic (exact) mass is 346 g/mol. The Morgan fingerprint density at radius 3 is 2.14 bits per heavy atom. The fraction of sp³-hybridized carbons (Fsp3) is 0.308. The van der Waals surface area contributed by atoms with E-state index in [2.05, 4.69) is 15.0 Å². The minimum atomic E-state index is 0.0648. The third kappa shape index (κ3) is 4.33. The summed E-state index contributed by atoms with van der Waals surface area (Å²) in [4.78, 5) is 14.2. The first kappa shape index (κ1) is 16.1. The molecule has 0 atom stereocenters. The topological polar surface area (TPSA) is 51.1 Å². The number of anilines is 1. The molecule has 0 amide bonds. The summed E-state index contributed by atoms with van der Waals surface area (Å²) < 4.78 is 5.56. The molecular weight excluding hydrogens is 335 g/mol. The van der Waals surface area contributed by atoms with Crippen molar-refractivity contribution in [1.29, 1.82) is 0 Å². The van der Waals surface area contributed by atoms with E-state index in [0.29, 0.717) is 21.7 Å². The molecule has 0 aliphatic carbocycles. The molecule has 2 rings (SSSR count). The van der Waals surface area contributed by atoms with E-state index in [9.17, 15) is 0 Å². The molecule has 5 nitrogen and oxygen atoms in total. The Balaban J connectivity index is 2.31. The third-order valence-electron chi connectivity index (χ3n) is 2.67. The first-order valence-electron chi connectivity index (χ1n) is 6.32. The van der Waals surface area contributed by atoms with Crippen LogP contribution >= 0.6 is 34.8 Å². The molecule has 2 aromatic rings. The van der Waals surface area contributed by atoms with Crippen LogP contribution in [0.15, 0.2) is 18.2 Å². The fourth-order valence-electron chi connectivity index (χ4n) is 1.71. The predicted octanol–water partition coefficient (Wildman–Crippen LogP) is 4.47. The lowest BCUT2D eigenvalue weighted by Gasteiger charge is -2.18. The molecule has 0 N–H and O–H groups in total. The van der Waals surface area contributed by atoms with Crippen LogP contribution in [0.1, 0.15) is 13.8 Å². The molecule has 0 spiro atoms. The molecule has 0 aliphatic rings. The van der Waals surface area contributed by atoms with Gasteiger partial charge >= 0.3 is 6.01 Å². The Morgan fingerprint density at radius 1 is 0.952 bits per heavy atom. The minimum absolute atomic E-state index is 0.0648. The number of aromatic nitrogens is 3. The van der Waals surface area contributed by atoms with E-state index in [1.54, 1.807) is 18.2 Å². The van der Waals surface area contributed by atoms with E-state index in [0.717, 1.165) is 13.1 Å². The van der Waals surface area contributed by atoms with Crippen molar-refractivity contribution in [3.05, 3.63) is 33.5 Å². The van der Waals surface area contributed by atoms with Gasteiger partial charge in [0.05, 0.1) is 0 Å². The van der Waals surface area contributed by atoms with Gasteiger partial charge in [-0.15, -0.1) is 0 Å². The molecule has 0 saturated heterocycles. The van der Waals surface area contributed by atoms with Gasteiger partial charge in [0.1, 0.15) is 5.75 Å². The maximum atomic E-state index is 5.92. The molecule has 0 fully saturated rings. The van der Waals surface area contributed by atoms with E-state index in [-0.39, 0.29) is 11.3 Å². The maximum absolute atomic E-state index is 5.92. The Hall–Kier alpha value is -1.30. The molecule has 21 heavy (non-hydrogen) atoms. The lowest BCUT2D eigenvalue weighted by molar-refractivity contribution is 0.439. The van der Waals surface area contributed by atoms with Crippen molar-refractivity contribution in [1.82, 2.24) is 15.0 Å².